The van der Waals surface area contributed by atoms with Gasteiger partial charge in [-0.15, -0.1) is 0 Å². The lowest BCUT2D eigenvalue weighted by Gasteiger charge is -2.26. The Morgan fingerprint density at radius 3 is 2.76 bits per heavy atom. The van der Waals surface area contributed by atoms with Crippen LogP contribution in [0.1, 0.15) is 31.2 Å². The summed E-state index contributed by atoms with van der Waals surface area (Å²) < 4.78 is 5.79. The third kappa shape index (κ3) is 4.68. The zero-order valence-corrected chi connectivity index (χ0v) is 12.4. The van der Waals surface area contributed by atoms with Gasteiger partial charge in [0.1, 0.15) is 5.69 Å². The normalized spacial score (nSPS) is 22.0. The summed E-state index contributed by atoms with van der Waals surface area (Å²) >= 11 is 0. The number of ether oxygens (including phenoxy) is 1. The molecule has 1 aliphatic carbocycles. The Morgan fingerprint density at radius 1 is 1.38 bits per heavy atom. The molecule has 0 atom stereocenters. The van der Waals surface area contributed by atoms with E-state index in [0.29, 0.717) is 24.9 Å². The standard InChI is InChI=1S/C15H23N3O3/c1-11-2-7-14(15(10-11)18(19)20)17-8-9-21-13-5-3-12(16)4-6-13/h2,7,10,12-13,17H,3-6,8-9,16H2,1H3. The summed E-state index contributed by atoms with van der Waals surface area (Å²) in [6.07, 6.45) is 4.32. The first-order chi connectivity index (χ1) is 10.1. The second-order valence-corrected chi connectivity index (χ2v) is 5.61. The first-order valence-corrected chi connectivity index (χ1v) is 7.42. The average molecular weight is 293 g/mol. The van der Waals surface area contributed by atoms with Crippen LogP contribution in [0.3, 0.4) is 0 Å². The Bertz CT molecular complexity index is 485. The summed E-state index contributed by atoms with van der Waals surface area (Å²) in [6.45, 7) is 2.95. The van der Waals surface area contributed by atoms with E-state index >= 15 is 0 Å². The SMILES string of the molecule is Cc1ccc(NCCOC2CCC(N)CC2)c([N+](=O)[O-])c1. The first-order valence-electron chi connectivity index (χ1n) is 7.42. The van der Waals surface area contributed by atoms with Gasteiger partial charge in [-0.3, -0.25) is 10.1 Å². The van der Waals surface area contributed by atoms with Gasteiger partial charge >= 0.3 is 0 Å². The van der Waals surface area contributed by atoms with Crippen molar-refractivity contribution in [2.45, 2.75) is 44.8 Å². The summed E-state index contributed by atoms with van der Waals surface area (Å²) in [5, 5.41) is 14.1. The van der Waals surface area contributed by atoms with E-state index in [1.165, 1.54) is 0 Å². The summed E-state index contributed by atoms with van der Waals surface area (Å²) in [7, 11) is 0. The molecule has 0 unspecified atom stereocenters. The number of anilines is 1. The van der Waals surface area contributed by atoms with Crippen molar-refractivity contribution in [2.75, 3.05) is 18.5 Å². The molecule has 0 spiro atoms. The maximum absolute atomic E-state index is 11.0. The van der Waals surface area contributed by atoms with Crippen molar-refractivity contribution in [3.8, 4) is 0 Å². The van der Waals surface area contributed by atoms with Crippen LogP contribution in [0.5, 0.6) is 0 Å². The Kier molecular flexibility index (Phi) is 5.52. The van der Waals surface area contributed by atoms with Crippen molar-refractivity contribution >= 4 is 11.4 Å². The number of nitrogens with two attached hydrogens (primary N) is 1. The maximum Gasteiger partial charge on any atom is 0.292 e. The van der Waals surface area contributed by atoms with Crippen LogP contribution in [-0.2, 0) is 4.74 Å². The molecular weight excluding hydrogens is 270 g/mol. The van der Waals surface area contributed by atoms with Crippen molar-refractivity contribution in [3.05, 3.63) is 33.9 Å². The Morgan fingerprint density at radius 2 is 2.10 bits per heavy atom. The third-order valence-corrected chi connectivity index (χ3v) is 3.84. The van der Waals surface area contributed by atoms with E-state index < -0.39 is 0 Å². The van der Waals surface area contributed by atoms with Gasteiger partial charge in [-0.25, -0.2) is 0 Å². The molecule has 1 fully saturated rings. The van der Waals surface area contributed by atoms with Gasteiger partial charge in [0.25, 0.3) is 5.69 Å². The van der Waals surface area contributed by atoms with E-state index in [4.69, 9.17) is 10.5 Å². The van der Waals surface area contributed by atoms with Crippen LogP contribution in [0.25, 0.3) is 0 Å². The smallest absolute Gasteiger partial charge is 0.292 e. The second kappa shape index (κ2) is 7.38. The summed E-state index contributed by atoms with van der Waals surface area (Å²) in [5.74, 6) is 0. The fourth-order valence-electron chi connectivity index (χ4n) is 2.61. The molecule has 3 N–H and O–H groups in total. The summed E-state index contributed by atoms with van der Waals surface area (Å²) in [4.78, 5) is 10.6. The molecule has 0 aliphatic heterocycles. The van der Waals surface area contributed by atoms with Crippen LogP contribution < -0.4 is 11.1 Å². The largest absolute Gasteiger partial charge is 0.377 e. The minimum Gasteiger partial charge on any atom is -0.377 e. The minimum absolute atomic E-state index is 0.110. The topological polar surface area (TPSA) is 90.4 Å². The number of benzene rings is 1. The molecule has 21 heavy (non-hydrogen) atoms. The molecule has 1 saturated carbocycles. The lowest BCUT2D eigenvalue weighted by molar-refractivity contribution is -0.384. The Hall–Kier alpha value is -1.66. The van der Waals surface area contributed by atoms with Gasteiger partial charge in [-0.05, 0) is 44.2 Å². The van der Waals surface area contributed by atoms with Crippen molar-refractivity contribution < 1.29 is 9.66 Å². The molecule has 1 aliphatic rings. The number of hydrogen-bond donors (Lipinski definition) is 2. The number of nitrogens with zero attached hydrogens (tertiary/aromatic N) is 1. The van der Waals surface area contributed by atoms with Crippen LogP contribution >= 0.6 is 0 Å². The highest BCUT2D eigenvalue weighted by Crippen LogP contribution is 2.25. The molecule has 0 radical (unpaired) electrons. The van der Waals surface area contributed by atoms with Crippen LogP contribution in [0.15, 0.2) is 18.2 Å². The van der Waals surface area contributed by atoms with E-state index in [2.05, 4.69) is 5.32 Å². The van der Waals surface area contributed by atoms with Crippen LogP contribution in [-0.4, -0.2) is 30.2 Å². The number of nitro benzene ring substituents is 1. The highest BCUT2D eigenvalue weighted by Gasteiger charge is 2.19. The van der Waals surface area contributed by atoms with Crippen molar-refractivity contribution in [1.82, 2.24) is 0 Å². The van der Waals surface area contributed by atoms with E-state index in [0.717, 1.165) is 31.2 Å². The third-order valence-electron chi connectivity index (χ3n) is 3.84. The van der Waals surface area contributed by atoms with E-state index in [-0.39, 0.29) is 16.7 Å². The fraction of sp³-hybridized carbons (Fsp3) is 0.600. The summed E-state index contributed by atoms with van der Waals surface area (Å²) in [5.41, 5.74) is 7.38. The minimum atomic E-state index is -0.362. The molecule has 0 heterocycles. The predicted molar refractivity (Wildman–Crippen MR) is 82.5 cm³/mol. The number of nitrogens with one attached hydrogen (secondary N) is 1. The van der Waals surface area contributed by atoms with Gasteiger partial charge in [0, 0.05) is 18.7 Å². The maximum atomic E-state index is 11.0. The molecule has 116 valence electrons. The van der Waals surface area contributed by atoms with Gasteiger partial charge in [-0.1, -0.05) is 6.07 Å². The molecule has 0 bridgehead atoms. The molecule has 1 aromatic carbocycles. The molecule has 6 heteroatoms. The van der Waals surface area contributed by atoms with Gasteiger partial charge in [0.05, 0.1) is 17.6 Å². The van der Waals surface area contributed by atoms with Crippen LogP contribution in [0.2, 0.25) is 0 Å². The van der Waals surface area contributed by atoms with Gasteiger partial charge in [-0.2, -0.15) is 0 Å². The predicted octanol–water partition coefficient (Wildman–Crippen LogP) is 2.60. The Labute approximate surface area is 124 Å². The zero-order valence-electron chi connectivity index (χ0n) is 12.4. The number of hydrogen-bond acceptors (Lipinski definition) is 5. The van der Waals surface area contributed by atoms with Crippen LogP contribution in [0.4, 0.5) is 11.4 Å². The molecule has 0 aromatic heterocycles. The molecule has 2 rings (SSSR count). The zero-order chi connectivity index (χ0) is 15.2. The van der Waals surface area contributed by atoms with Gasteiger partial charge in [0.15, 0.2) is 0 Å². The fourth-order valence-corrected chi connectivity index (χ4v) is 2.61. The van der Waals surface area contributed by atoms with Gasteiger partial charge < -0.3 is 15.8 Å². The highest BCUT2D eigenvalue weighted by atomic mass is 16.6. The van der Waals surface area contributed by atoms with E-state index in [9.17, 15) is 10.1 Å². The molecule has 0 amide bonds. The average Bonchev–Trinajstić information content (AvgIpc) is 2.46. The summed E-state index contributed by atoms with van der Waals surface area (Å²) in [6, 6.07) is 5.50. The Balaban J connectivity index is 1.77. The molecular formula is C15H23N3O3. The number of rotatable bonds is 6. The number of aryl methyl sites for hydroxylation is 1. The monoisotopic (exact) mass is 293 g/mol. The van der Waals surface area contributed by atoms with Crippen LogP contribution in [0, 0.1) is 17.0 Å². The first kappa shape index (κ1) is 15.7. The second-order valence-electron chi connectivity index (χ2n) is 5.61. The molecule has 0 saturated heterocycles. The van der Waals surface area contributed by atoms with E-state index in [1.54, 1.807) is 12.1 Å². The number of nitro groups is 1. The lowest BCUT2D eigenvalue weighted by Crippen LogP contribution is -2.31. The molecule has 6 nitrogen and oxygen atoms in total. The lowest BCUT2D eigenvalue weighted by atomic mass is 9.94. The van der Waals surface area contributed by atoms with Crippen molar-refractivity contribution in [1.29, 1.82) is 0 Å². The van der Waals surface area contributed by atoms with Crippen molar-refractivity contribution in [3.63, 3.8) is 0 Å². The quantitative estimate of drug-likeness (QED) is 0.478. The van der Waals surface area contributed by atoms with Gasteiger partial charge in [0.2, 0.25) is 0 Å². The molecule has 1 aromatic rings. The highest BCUT2D eigenvalue weighted by molar-refractivity contribution is 5.62. The van der Waals surface area contributed by atoms with Crippen molar-refractivity contribution in [2.24, 2.45) is 5.73 Å². The van der Waals surface area contributed by atoms with E-state index in [1.807, 2.05) is 13.0 Å².